The quantitative estimate of drug-likeness (QED) is 0.739. The van der Waals surface area contributed by atoms with Crippen molar-refractivity contribution in [2.45, 2.75) is 13.1 Å². The molecule has 1 aromatic heterocycles. The lowest BCUT2D eigenvalue weighted by Gasteiger charge is -2.20. The lowest BCUT2D eigenvalue weighted by Crippen LogP contribution is -2.39. The molecule has 0 atom stereocenters. The fourth-order valence-electron chi connectivity index (χ4n) is 2.12. The summed E-state index contributed by atoms with van der Waals surface area (Å²) in [5.41, 5.74) is 0.946. The minimum absolute atomic E-state index is 0.0211. The van der Waals surface area contributed by atoms with E-state index in [4.69, 9.17) is 16.0 Å². The molecular formula is C17H19ClN2O4. The summed E-state index contributed by atoms with van der Waals surface area (Å²) in [6.45, 7) is 0.824. The number of furan rings is 1. The van der Waals surface area contributed by atoms with E-state index in [1.165, 1.54) is 7.11 Å². The zero-order valence-electron chi connectivity index (χ0n) is 13.3. The van der Waals surface area contributed by atoms with E-state index >= 15 is 0 Å². The zero-order chi connectivity index (χ0) is 17.4. The van der Waals surface area contributed by atoms with Crippen LogP contribution in [-0.4, -0.2) is 37.0 Å². The van der Waals surface area contributed by atoms with Crippen LogP contribution in [0.15, 0.2) is 47.1 Å². The second-order valence-corrected chi connectivity index (χ2v) is 5.64. The van der Waals surface area contributed by atoms with Crippen LogP contribution in [0.3, 0.4) is 0 Å². The highest BCUT2D eigenvalue weighted by Gasteiger charge is 2.15. The molecule has 2 rings (SSSR count). The Morgan fingerprint density at radius 2 is 1.96 bits per heavy atom. The van der Waals surface area contributed by atoms with Crippen LogP contribution < -0.4 is 5.32 Å². The van der Waals surface area contributed by atoms with Crippen LogP contribution in [0.5, 0.6) is 0 Å². The van der Waals surface area contributed by atoms with E-state index in [9.17, 15) is 9.59 Å². The van der Waals surface area contributed by atoms with Gasteiger partial charge in [-0.15, -0.1) is 0 Å². The standard InChI is InChI=1S/C17H19ClN2O4/c1-23-17(22)12-20(10-13-4-6-14(18)7-5-13)11-16(21)19-9-15-3-2-8-24-15/h2-8H,9-12H2,1H3,(H,19,21). The van der Waals surface area contributed by atoms with Gasteiger partial charge >= 0.3 is 5.97 Å². The first-order chi connectivity index (χ1) is 11.6. The van der Waals surface area contributed by atoms with Gasteiger partial charge in [-0.05, 0) is 29.8 Å². The van der Waals surface area contributed by atoms with Gasteiger partial charge in [-0.2, -0.15) is 0 Å². The SMILES string of the molecule is COC(=O)CN(CC(=O)NCc1ccco1)Cc1ccc(Cl)cc1. The summed E-state index contributed by atoms with van der Waals surface area (Å²) in [4.78, 5) is 25.4. The molecule has 0 aliphatic carbocycles. The van der Waals surface area contributed by atoms with Gasteiger partial charge in [0.05, 0.1) is 33.0 Å². The van der Waals surface area contributed by atoms with Gasteiger partial charge in [0.25, 0.3) is 0 Å². The Morgan fingerprint density at radius 3 is 2.58 bits per heavy atom. The number of carbonyl (C=O) groups excluding carboxylic acids is 2. The molecule has 2 aromatic rings. The molecule has 0 saturated heterocycles. The highest BCUT2D eigenvalue weighted by atomic mass is 35.5. The van der Waals surface area contributed by atoms with Crippen molar-refractivity contribution in [1.82, 2.24) is 10.2 Å². The largest absolute Gasteiger partial charge is 0.468 e. The van der Waals surface area contributed by atoms with Gasteiger partial charge in [0.2, 0.25) is 5.91 Å². The summed E-state index contributed by atoms with van der Waals surface area (Å²) in [5.74, 6) is 0.0626. The van der Waals surface area contributed by atoms with Crippen LogP contribution in [0.25, 0.3) is 0 Å². The van der Waals surface area contributed by atoms with E-state index in [1.807, 2.05) is 12.1 Å². The first-order valence-corrected chi connectivity index (χ1v) is 7.77. The smallest absolute Gasteiger partial charge is 0.319 e. The molecule has 0 spiro atoms. The average Bonchev–Trinajstić information content (AvgIpc) is 3.08. The molecule has 128 valence electrons. The van der Waals surface area contributed by atoms with Crippen LogP contribution >= 0.6 is 11.6 Å². The van der Waals surface area contributed by atoms with Gasteiger partial charge in [-0.25, -0.2) is 0 Å². The molecule has 0 saturated carbocycles. The maximum atomic E-state index is 12.1. The Morgan fingerprint density at radius 1 is 1.21 bits per heavy atom. The number of nitrogens with zero attached hydrogens (tertiary/aromatic N) is 1. The second-order valence-electron chi connectivity index (χ2n) is 5.20. The van der Waals surface area contributed by atoms with Crippen LogP contribution in [0.2, 0.25) is 5.02 Å². The molecule has 1 amide bonds. The van der Waals surface area contributed by atoms with Crippen molar-refractivity contribution >= 4 is 23.5 Å². The van der Waals surface area contributed by atoms with Gasteiger partial charge in [0, 0.05) is 11.6 Å². The topological polar surface area (TPSA) is 71.8 Å². The minimum Gasteiger partial charge on any atom is -0.468 e. The van der Waals surface area contributed by atoms with Crippen LogP contribution in [0, 0.1) is 0 Å². The number of rotatable bonds is 8. The highest BCUT2D eigenvalue weighted by Crippen LogP contribution is 2.11. The summed E-state index contributed by atoms with van der Waals surface area (Å²) >= 11 is 5.87. The zero-order valence-corrected chi connectivity index (χ0v) is 14.1. The number of ether oxygens (including phenoxy) is 1. The molecule has 1 aromatic carbocycles. The second kappa shape index (κ2) is 9.10. The van der Waals surface area contributed by atoms with E-state index in [1.54, 1.807) is 35.4 Å². The van der Waals surface area contributed by atoms with Gasteiger partial charge in [-0.1, -0.05) is 23.7 Å². The summed E-state index contributed by atoms with van der Waals surface area (Å²) in [6.07, 6.45) is 1.55. The molecule has 0 bridgehead atoms. The van der Waals surface area contributed by atoms with Gasteiger partial charge in [0.1, 0.15) is 5.76 Å². The number of carbonyl (C=O) groups is 2. The van der Waals surface area contributed by atoms with Crippen LogP contribution in [0.1, 0.15) is 11.3 Å². The van der Waals surface area contributed by atoms with Crippen LogP contribution in [-0.2, 0) is 27.4 Å². The molecule has 24 heavy (non-hydrogen) atoms. The van der Waals surface area contributed by atoms with Crippen molar-refractivity contribution in [3.8, 4) is 0 Å². The van der Waals surface area contributed by atoms with E-state index in [0.717, 1.165) is 5.56 Å². The fourth-order valence-corrected chi connectivity index (χ4v) is 2.25. The van der Waals surface area contributed by atoms with Crippen molar-refractivity contribution in [3.05, 3.63) is 59.0 Å². The van der Waals surface area contributed by atoms with Gasteiger partial charge in [0.15, 0.2) is 0 Å². The molecule has 0 aliphatic rings. The minimum atomic E-state index is -0.400. The number of hydrogen-bond donors (Lipinski definition) is 1. The number of esters is 1. The molecule has 7 heteroatoms. The third kappa shape index (κ3) is 6.06. The number of benzene rings is 1. The van der Waals surface area contributed by atoms with Crippen molar-refractivity contribution in [2.75, 3.05) is 20.2 Å². The monoisotopic (exact) mass is 350 g/mol. The lowest BCUT2D eigenvalue weighted by atomic mass is 10.2. The molecule has 1 heterocycles. The Kier molecular flexibility index (Phi) is 6.84. The number of nitrogens with one attached hydrogen (secondary N) is 1. The normalized spacial score (nSPS) is 10.6. The summed E-state index contributed by atoms with van der Waals surface area (Å²) in [5, 5.41) is 3.39. The molecule has 0 fully saturated rings. The summed E-state index contributed by atoms with van der Waals surface area (Å²) in [6, 6.07) is 10.8. The first-order valence-electron chi connectivity index (χ1n) is 7.39. The van der Waals surface area contributed by atoms with Gasteiger partial charge in [-0.3, -0.25) is 14.5 Å². The Labute approximate surface area is 145 Å². The Balaban J connectivity index is 1.92. The van der Waals surface area contributed by atoms with Crippen molar-refractivity contribution in [2.24, 2.45) is 0 Å². The predicted octanol–water partition coefficient (Wildman–Crippen LogP) is 2.22. The van der Waals surface area contributed by atoms with Crippen LogP contribution in [0.4, 0.5) is 0 Å². The van der Waals surface area contributed by atoms with E-state index in [2.05, 4.69) is 10.1 Å². The lowest BCUT2D eigenvalue weighted by molar-refractivity contribution is -0.142. The summed E-state index contributed by atoms with van der Waals surface area (Å²) in [7, 11) is 1.32. The maximum absolute atomic E-state index is 12.1. The molecule has 0 aliphatic heterocycles. The Bertz CT molecular complexity index is 656. The predicted molar refractivity (Wildman–Crippen MR) is 89.3 cm³/mol. The molecule has 0 radical (unpaired) electrons. The first kappa shape index (κ1) is 18.0. The molecule has 0 unspecified atom stereocenters. The molecular weight excluding hydrogens is 332 g/mol. The number of amides is 1. The summed E-state index contributed by atoms with van der Waals surface area (Å²) < 4.78 is 9.85. The average molecular weight is 351 g/mol. The van der Waals surface area contributed by atoms with Crippen molar-refractivity contribution in [1.29, 1.82) is 0 Å². The van der Waals surface area contributed by atoms with E-state index < -0.39 is 5.97 Å². The third-order valence-electron chi connectivity index (χ3n) is 3.31. The molecule has 1 N–H and O–H groups in total. The third-order valence-corrected chi connectivity index (χ3v) is 3.56. The van der Waals surface area contributed by atoms with Gasteiger partial charge < -0.3 is 14.5 Å². The maximum Gasteiger partial charge on any atom is 0.319 e. The molecule has 6 nitrogen and oxygen atoms in total. The Hall–Kier alpha value is -2.31. The highest BCUT2D eigenvalue weighted by molar-refractivity contribution is 6.30. The fraction of sp³-hybridized carbons (Fsp3) is 0.294. The van der Waals surface area contributed by atoms with Crippen molar-refractivity contribution in [3.63, 3.8) is 0 Å². The van der Waals surface area contributed by atoms with Crippen molar-refractivity contribution < 1.29 is 18.7 Å². The number of methoxy groups -OCH3 is 1. The van der Waals surface area contributed by atoms with E-state index in [0.29, 0.717) is 23.9 Å². The van der Waals surface area contributed by atoms with E-state index in [-0.39, 0.29) is 19.0 Å². The number of halogens is 1. The number of hydrogen-bond acceptors (Lipinski definition) is 5.